The summed E-state index contributed by atoms with van der Waals surface area (Å²) in [5, 5.41) is 0. The fourth-order valence-corrected chi connectivity index (χ4v) is 2.48. The van der Waals surface area contributed by atoms with Gasteiger partial charge in [0.05, 0.1) is 0 Å². The second-order valence-corrected chi connectivity index (χ2v) is 5.70. The van der Waals surface area contributed by atoms with Crippen molar-refractivity contribution >= 4 is 7.32 Å². The van der Waals surface area contributed by atoms with Crippen molar-refractivity contribution < 1.29 is 14.0 Å². The Morgan fingerprint density at radius 1 is 0.692 bits per heavy atom. The Morgan fingerprint density at radius 2 is 1.23 bits per heavy atom. The SMILES string of the molecule is C=CCCc1ccccc1OB(Oc1ccccc1)Oc1ccccc1. The number of aryl methyl sites for hydroxylation is 1. The molecule has 0 N–H and O–H groups in total. The molecule has 3 nitrogen and oxygen atoms in total. The van der Waals surface area contributed by atoms with E-state index in [9.17, 15) is 0 Å². The van der Waals surface area contributed by atoms with Gasteiger partial charge in [-0.25, -0.2) is 0 Å². The molecule has 0 bridgehead atoms. The molecule has 3 aromatic carbocycles. The van der Waals surface area contributed by atoms with Crippen LogP contribution >= 0.6 is 0 Å². The number of para-hydroxylation sites is 3. The van der Waals surface area contributed by atoms with E-state index in [4.69, 9.17) is 14.0 Å². The lowest BCUT2D eigenvalue weighted by Crippen LogP contribution is -2.37. The molecule has 0 fully saturated rings. The van der Waals surface area contributed by atoms with E-state index in [0.717, 1.165) is 24.2 Å². The summed E-state index contributed by atoms with van der Waals surface area (Å²) in [6.07, 6.45) is 3.63. The maximum absolute atomic E-state index is 6.07. The van der Waals surface area contributed by atoms with Crippen molar-refractivity contribution in [2.75, 3.05) is 0 Å². The summed E-state index contributed by atoms with van der Waals surface area (Å²) in [6.45, 7) is 3.79. The Kier molecular flexibility index (Phi) is 6.37. The summed E-state index contributed by atoms with van der Waals surface area (Å²) in [5.41, 5.74) is 1.09. The molecule has 0 amide bonds. The molecule has 26 heavy (non-hydrogen) atoms. The van der Waals surface area contributed by atoms with E-state index >= 15 is 0 Å². The van der Waals surface area contributed by atoms with Crippen LogP contribution in [0.3, 0.4) is 0 Å². The van der Waals surface area contributed by atoms with Crippen molar-refractivity contribution in [3.05, 3.63) is 103 Å². The molecule has 3 aromatic rings. The standard InChI is InChI=1S/C22H21BO3/c1-2-3-12-19-13-10-11-18-22(19)26-23(24-20-14-6-4-7-15-20)25-21-16-8-5-9-17-21/h2,4-11,13-18H,1,3,12H2. The Labute approximate surface area is 155 Å². The van der Waals surface area contributed by atoms with E-state index in [1.165, 1.54) is 0 Å². The Morgan fingerprint density at radius 3 is 1.81 bits per heavy atom. The second kappa shape index (κ2) is 9.37. The van der Waals surface area contributed by atoms with E-state index in [2.05, 4.69) is 6.58 Å². The molecule has 4 heteroatoms. The third-order valence-corrected chi connectivity index (χ3v) is 3.76. The number of hydrogen-bond donors (Lipinski definition) is 0. The Bertz CT molecular complexity index is 764. The lowest BCUT2D eigenvalue weighted by atomic mass is 10.1. The summed E-state index contributed by atoms with van der Waals surface area (Å²) in [7, 11) is -0.898. The molecule has 0 atom stereocenters. The molecule has 0 aliphatic rings. The van der Waals surface area contributed by atoms with Crippen molar-refractivity contribution in [3.8, 4) is 17.2 Å². The van der Waals surface area contributed by atoms with Crippen LogP contribution in [0.5, 0.6) is 17.2 Å². The van der Waals surface area contributed by atoms with E-state index in [1.54, 1.807) is 0 Å². The molecule has 0 aliphatic heterocycles. The third kappa shape index (κ3) is 5.18. The van der Waals surface area contributed by atoms with Crippen molar-refractivity contribution in [2.24, 2.45) is 0 Å². The van der Waals surface area contributed by atoms with Crippen LogP contribution in [0.4, 0.5) is 0 Å². The highest BCUT2D eigenvalue weighted by molar-refractivity contribution is 6.39. The molecule has 0 heterocycles. The van der Waals surface area contributed by atoms with Gasteiger partial charge in [-0.15, -0.1) is 6.58 Å². The fraction of sp³-hybridized carbons (Fsp3) is 0.0909. The minimum atomic E-state index is -0.898. The van der Waals surface area contributed by atoms with Crippen molar-refractivity contribution in [3.63, 3.8) is 0 Å². The quantitative estimate of drug-likeness (QED) is 0.388. The van der Waals surface area contributed by atoms with Crippen LogP contribution in [-0.2, 0) is 6.42 Å². The number of allylic oxidation sites excluding steroid dienone is 1. The van der Waals surface area contributed by atoms with E-state index < -0.39 is 7.32 Å². The molecule has 0 radical (unpaired) electrons. The summed E-state index contributed by atoms with van der Waals surface area (Å²) < 4.78 is 17.9. The van der Waals surface area contributed by atoms with Crippen LogP contribution in [0.1, 0.15) is 12.0 Å². The van der Waals surface area contributed by atoms with Gasteiger partial charge in [0.25, 0.3) is 0 Å². The molecule has 3 rings (SSSR count). The molecule has 0 aliphatic carbocycles. The molecule has 0 saturated heterocycles. The van der Waals surface area contributed by atoms with Gasteiger partial charge in [-0.1, -0.05) is 60.7 Å². The fourth-order valence-electron chi connectivity index (χ4n) is 2.48. The summed E-state index contributed by atoms with van der Waals surface area (Å²) in [6, 6.07) is 26.9. The van der Waals surface area contributed by atoms with Gasteiger partial charge >= 0.3 is 7.32 Å². The molecular weight excluding hydrogens is 323 g/mol. The minimum absolute atomic E-state index is 0.678. The number of benzene rings is 3. The monoisotopic (exact) mass is 344 g/mol. The Hall–Kier alpha value is -3.14. The highest BCUT2D eigenvalue weighted by atomic mass is 16.7. The maximum Gasteiger partial charge on any atom is 0.864 e. The zero-order valence-corrected chi connectivity index (χ0v) is 14.6. The Balaban J connectivity index is 1.80. The average molecular weight is 344 g/mol. The normalized spacial score (nSPS) is 10.0. The summed E-state index contributed by atoms with van der Waals surface area (Å²) >= 11 is 0. The molecule has 130 valence electrons. The van der Waals surface area contributed by atoms with Gasteiger partial charge in [-0.2, -0.15) is 0 Å². The van der Waals surface area contributed by atoms with Crippen LogP contribution in [0.2, 0.25) is 0 Å². The van der Waals surface area contributed by atoms with Crippen LogP contribution in [0, 0.1) is 0 Å². The molecular formula is C22H21BO3. The van der Waals surface area contributed by atoms with Gasteiger partial charge < -0.3 is 14.0 Å². The number of rotatable bonds is 9. The predicted octanol–water partition coefficient (Wildman–Crippen LogP) is 5.33. The van der Waals surface area contributed by atoms with Gasteiger partial charge in [0.15, 0.2) is 0 Å². The van der Waals surface area contributed by atoms with Crippen LogP contribution in [0.15, 0.2) is 97.6 Å². The van der Waals surface area contributed by atoms with Crippen molar-refractivity contribution in [1.82, 2.24) is 0 Å². The molecule has 0 saturated carbocycles. The summed E-state index contributed by atoms with van der Waals surface area (Å²) in [5.74, 6) is 2.10. The van der Waals surface area contributed by atoms with E-state index in [-0.39, 0.29) is 0 Å². The lowest BCUT2D eigenvalue weighted by Gasteiger charge is -2.18. The first-order chi connectivity index (χ1) is 12.8. The van der Waals surface area contributed by atoms with Crippen LogP contribution in [0.25, 0.3) is 0 Å². The molecule has 0 spiro atoms. The van der Waals surface area contributed by atoms with Crippen molar-refractivity contribution in [2.45, 2.75) is 12.8 Å². The van der Waals surface area contributed by atoms with Gasteiger partial charge in [-0.3, -0.25) is 0 Å². The zero-order valence-electron chi connectivity index (χ0n) is 14.6. The minimum Gasteiger partial charge on any atom is -0.490 e. The largest absolute Gasteiger partial charge is 0.864 e. The highest BCUT2D eigenvalue weighted by Crippen LogP contribution is 2.22. The van der Waals surface area contributed by atoms with Gasteiger partial charge in [0, 0.05) is 0 Å². The average Bonchev–Trinajstić information content (AvgIpc) is 2.69. The maximum atomic E-state index is 6.07. The first kappa shape index (κ1) is 17.7. The van der Waals surface area contributed by atoms with Gasteiger partial charge in [-0.05, 0) is 48.7 Å². The van der Waals surface area contributed by atoms with Crippen LogP contribution in [-0.4, -0.2) is 7.32 Å². The van der Waals surface area contributed by atoms with Gasteiger partial charge in [0.1, 0.15) is 17.2 Å². The molecule has 0 aromatic heterocycles. The van der Waals surface area contributed by atoms with E-state index in [0.29, 0.717) is 11.5 Å². The smallest absolute Gasteiger partial charge is 0.490 e. The zero-order chi connectivity index (χ0) is 18.0. The van der Waals surface area contributed by atoms with Crippen molar-refractivity contribution in [1.29, 1.82) is 0 Å². The van der Waals surface area contributed by atoms with Crippen LogP contribution < -0.4 is 14.0 Å². The second-order valence-electron chi connectivity index (χ2n) is 5.70. The first-order valence-electron chi connectivity index (χ1n) is 8.64. The molecule has 0 unspecified atom stereocenters. The van der Waals surface area contributed by atoms with Gasteiger partial charge in [0.2, 0.25) is 0 Å². The highest BCUT2D eigenvalue weighted by Gasteiger charge is 2.30. The topological polar surface area (TPSA) is 27.7 Å². The third-order valence-electron chi connectivity index (χ3n) is 3.76. The lowest BCUT2D eigenvalue weighted by molar-refractivity contribution is 0.306. The first-order valence-corrected chi connectivity index (χ1v) is 8.64. The number of hydrogen-bond acceptors (Lipinski definition) is 3. The predicted molar refractivity (Wildman–Crippen MR) is 105 cm³/mol. The van der Waals surface area contributed by atoms with E-state index in [1.807, 2.05) is 91.0 Å². The summed E-state index contributed by atoms with van der Waals surface area (Å²) in [4.78, 5) is 0.